The maximum atomic E-state index is 12.3. The third kappa shape index (κ3) is 5.00. The van der Waals surface area contributed by atoms with E-state index in [4.69, 9.17) is 23.2 Å². The van der Waals surface area contributed by atoms with Gasteiger partial charge in [0.25, 0.3) is 0 Å². The van der Waals surface area contributed by atoms with E-state index >= 15 is 0 Å². The zero-order chi connectivity index (χ0) is 15.4. The number of hydrogen-bond acceptors (Lipinski definition) is 3. The van der Waals surface area contributed by atoms with E-state index in [0.717, 1.165) is 31.7 Å². The van der Waals surface area contributed by atoms with E-state index in [1.807, 2.05) is 29.0 Å². The fourth-order valence-electron chi connectivity index (χ4n) is 2.39. The Morgan fingerprint density at radius 2 is 1.95 bits per heavy atom. The number of carbonyl (C=O) groups excluding carboxylic acids is 1. The van der Waals surface area contributed by atoms with E-state index in [1.165, 1.54) is 0 Å². The van der Waals surface area contributed by atoms with E-state index < -0.39 is 0 Å². The van der Waals surface area contributed by atoms with Gasteiger partial charge in [-0.25, -0.2) is 0 Å². The van der Waals surface area contributed by atoms with Crippen molar-refractivity contribution in [1.29, 1.82) is 0 Å². The van der Waals surface area contributed by atoms with Crippen LogP contribution in [0.15, 0.2) is 18.2 Å². The van der Waals surface area contributed by atoms with Crippen LogP contribution in [-0.4, -0.2) is 55.5 Å². The van der Waals surface area contributed by atoms with Crippen molar-refractivity contribution in [1.82, 2.24) is 15.1 Å². The van der Waals surface area contributed by atoms with Crippen LogP contribution in [0.4, 0.5) is 0 Å². The molecule has 1 fully saturated rings. The fraction of sp³-hybridized carbons (Fsp3) is 0.533. The summed E-state index contributed by atoms with van der Waals surface area (Å²) in [6, 6.07) is 5.71. The minimum atomic E-state index is 0. The molecule has 4 nitrogen and oxygen atoms in total. The molecule has 0 aliphatic carbocycles. The molecule has 1 unspecified atom stereocenters. The highest BCUT2D eigenvalue weighted by atomic mass is 35.5. The first kappa shape index (κ1) is 19.5. The molecule has 2 rings (SSSR count). The van der Waals surface area contributed by atoms with Gasteiger partial charge in [-0.3, -0.25) is 9.69 Å². The van der Waals surface area contributed by atoms with Gasteiger partial charge in [0.15, 0.2) is 0 Å². The highest BCUT2D eigenvalue weighted by molar-refractivity contribution is 6.42. The number of halogens is 3. The number of rotatable bonds is 4. The molecule has 1 heterocycles. The van der Waals surface area contributed by atoms with Gasteiger partial charge in [-0.1, -0.05) is 29.3 Å². The minimum Gasteiger partial charge on any atom is -0.339 e. The number of nitrogens with zero attached hydrogens (tertiary/aromatic N) is 2. The molecule has 1 atom stereocenters. The van der Waals surface area contributed by atoms with E-state index in [0.29, 0.717) is 16.6 Å². The van der Waals surface area contributed by atoms with Crippen molar-refractivity contribution in [2.45, 2.75) is 13.0 Å². The van der Waals surface area contributed by atoms with Crippen LogP contribution in [0.3, 0.4) is 0 Å². The Morgan fingerprint density at radius 1 is 1.32 bits per heavy atom. The van der Waals surface area contributed by atoms with Crippen LogP contribution in [0.5, 0.6) is 0 Å². The Kier molecular flexibility index (Phi) is 7.94. The summed E-state index contributed by atoms with van der Waals surface area (Å²) in [6.07, 6.45) is 0. The molecule has 0 radical (unpaired) electrons. The second-order valence-corrected chi connectivity index (χ2v) is 6.21. The van der Waals surface area contributed by atoms with E-state index in [2.05, 4.69) is 12.2 Å². The molecule has 0 bridgehead atoms. The normalized spacial score (nSPS) is 16.3. The molecular weight excluding hydrogens is 345 g/mol. The molecule has 1 aromatic rings. The number of nitrogens with one attached hydrogen (secondary N) is 1. The van der Waals surface area contributed by atoms with Gasteiger partial charge in [0.2, 0.25) is 5.91 Å². The van der Waals surface area contributed by atoms with Gasteiger partial charge in [-0.2, -0.15) is 0 Å². The van der Waals surface area contributed by atoms with Crippen molar-refractivity contribution >= 4 is 41.5 Å². The van der Waals surface area contributed by atoms with Crippen molar-refractivity contribution in [2.75, 3.05) is 39.8 Å². The number of carbonyl (C=O) groups is 1. The quantitative estimate of drug-likeness (QED) is 0.890. The molecule has 0 saturated carbocycles. The van der Waals surface area contributed by atoms with Crippen molar-refractivity contribution in [3.05, 3.63) is 33.8 Å². The first-order valence-electron chi connectivity index (χ1n) is 7.12. The van der Waals surface area contributed by atoms with Gasteiger partial charge in [0, 0.05) is 32.2 Å². The standard InChI is InChI=1S/C15H21Cl2N3O.ClH/c1-11(12-3-4-13(16)14(17)9-12)19(2)10-15(21)20-7-5-18-6-8-20;/h3-4,9,11,18H,5-8,10H2,1-2H3;1H. The monoisotopic (exact) mass is 365 g/mol. The van der Waals surface area contributed by atoms with Gasteiger partial charge in [0.1, 0.15) is 0 Å². The summed E-state index contributed by atoms with van der Waals surface area (Å²) in [5.74, 6) is 0.172. The van der Waals surface area contributed by atoms with Gasteiger partial charge in [0.05, 0.1) is 16.6 Å². The molecule has 1 N–H and O–H groups in total. The second kappa shape index (κ2) is 8.94. The van der Waals surface area contributed by atoms with E-state index in [-0.39, 0.29) is 24.4 Å². The molecule has 1 aromatic carbocycles. The van der Waals surface area contributed by atoms with Crippen molar-refractivity contribution in [2.24, 2.45) is 0 Å². The molecule has 1 saturated heterocycles. The Morgan fingerprint density at radius 3 is 2.55 bits per heavy atom. The average Bonchev–Trinajstić information content (AvgIpc) is 2.50. The number of benzene rings is 1. The van der Waals surface area contributed by atoms with Gasteiger partial charge < -0.3 is 10.2 Å². The molecule has 22 heavy (non-hydrogen) atoms. The first-order chi connectivity index (χ1) is 9.99. The van der Waals surface area contributed by atoms with Crippen LogP contribution < -0.4 is 5.32 Å². The fourth-order valence-corrected chi connectivity index (χ4v) is 2.70. The van der Waals surface area contributed by atoms with Crippen LogP contribution in [0, 0.1) is 0 Å². The van der Waals surface area contributed by atoms with Gasteiger partial charge in [-0.15, -0.1) is 12.4 Å². The van der Waals surface area contributed by atoms with Crippen LogP contribution in [-0.2, 0) is 4.79 Å². The van der Waals surface area contributed by atoms with E-state index in [1.54, 1.807) is 6.07 Å². The first-order valence-corrected chi connectivity index (χ1v) is 7.88. The molecule has 1 aliphatic heterocycles. The SMILES string of the molecule is CC(c1ccc(Cl)c(Cl)c1)N(C)CC(=O)N1CCNCC1.Cl. The maximum Gasteiger partial charge on any atom is 0.236 e. The average molecular weight is 367 g/mol. The summed E-state index contributed by atoms with van der Waals surface area (Å²) in [4.78, 5) is 16.2. The summed E-state index contributed by atoms with van der Waals surface area (Å²) in [5, 5.41) is 4.34. The number of piperazine rings is 1. The lowest BCUT2D eigenvalue weighted by Crippen LogP contribution is -2.49. The second-order valence-electron chi connectivity index (χ2n) is 5.40. The molecule has 0 spiro atoms. The Bertz CT molecular complexity index is 507. The number of hydrogen-bond donors (Lipinski definition) is 1. The Hall–Kier alpha value is -0.520. The van der Waals surface area contributed by atoms with Crippen LogP contribution in [0.1, 0.15) is 18.5 Å². The Balaban J connectivity index is 0.00000242. The summed E-state index contributed by atoms with van der Waals surface area (Å²) >= 11 is 12.0. The lowest BCUT2D eigenvalue weighted by Gasteiger charge is -2.31. The molecule has 1 aliphatic rings. The third-order valence-corrected chi connectivity index (χ3v) is 4.68. The van der Waals surface area contributed by atoms with Crippen molar-refractivity contribution < 1.29 is 4.79 Å². The van der Waals surface area contributed by atoms with Crippen molar-refractivity contribution in [3.8, 4) is 0 Å². The Labute approximate surface area is 148 Å². The van der Waals surface area contributed by atoms with Gasteiger partial charge in [-0.05, 0) is 31.7 Å². The molecule has 7 heteroatoms. The summed E-state index contributed by atoms with van der Waals surface area (Å²) in [5.41, 5.74) is 1.06. The smallest absolute Gasteiger partial charge is 0.236 e. The van der Waals surface area contributed by atoms with Crippen LogP contribution >= 0.6 is 35.6 Å². The zero-order valence-corrected chi connectivity index (χ0v) is 15.1. The number of amides is 1. The van der Waals surface area contributed by atoms with Crippen LogP contribution in [0.25, 0.3) is 0 Å². The van der Waals surface area contributed by atoms with Crippen molar-refractivity contribution in [3.63, 3.8) is 0 Å². The molecular formula is C15H22Cl3N3O. The summed E-state index contributed by atoms with van der Waals surface area (Å²) < 4.78 is 0. The van der Waals surface area contributed by atoms with Gasteiger partial charge >= 0.3 is 0 Å². The predicted octanol–water partition coefficient (Wildman–Crippen LogP) is 2.84. The third-order valence-electron chi connectivity index (χ3n) is 3.94. The van der Waals surface area contributed by atoms with Crippen LogP contribution in [0.2, 0.25) is 10.0 Å². The molecule has 0 aromatic heterocycles. The maximum absolute atomic E-state index is 12.3. The number of likely N-dealkylation sites (N-methyl/N-ethyl adjacent to an activating group) is 1. The highest BCUT2D eigenvalue weighted by Crippen LogP contribution is 2.27. The summed E-state index contributed by atoms with van der Waals surface area (Å²) in [6.45, 7) is 5.78. The lowest BCUT2D eigenvalue weighted by atomic mass is 10.1. The van der Waals surface area contributed by atoms with E-state index in [9.17, 15) is 4.79 Å². The molecule has 124 valence electrons. The minimum absolute atomic E-state index is 0. The highest BCUT2D eigenvalue weighted by Gasteiger charge is 2.20. The zero-order valence-electron chi connectivity index (χ0n) is 12.8. The summed E-state index contributed by atoms with van der Waals surface area (Å²) in [7, 11) is 1.95. The molecule has 1 amide bonds. The largest absolute Gasteiger partial charge is 0.339 e. The topological polar surface area (TPSA) is 35.6 Å². The predicted molar refractivity (Wildman–Crippen MR) is 94.2 cm³/mol. The lowest BCUT2D eigenvalue weighted by molar-refractivity contribution is -0.133.